The van der Waals surface area contributed by atoms with Crippen LogP contribution in [-0.4, -0.2) is 47.8 Å². The first kappa shape index (κ1) is 13.9. The molecule has 2 unspecified atom stereocenters. The predicted octanol–water partition coefficient (Wildman–Crippen LogP) is 1.47. The zero-order chi connectivity index (χ0) is 12.2. The van der Waals surface area contributed by atoms with Gasteiger partial charge < -0.3 is 15.3 Å². The van der Waals surface area contributed by atoms with Gasteiger partial charge in [0.1, 0.15) is 0 Å². The smallest absolute Gasteiger partial charge is 0.0623 e. The number of aliphatic hydroxyl groups excluding tert-OH is 1. The molecule has 0 aromatic rings. The molecule has 3 nitrogen and oxygen atoms in total. The Balaban J connectivity index is 2.44. The van der Waals surface area contributed by atoms with Gasteiger partial charge in [0, 0.05) is 19.1 Å². The van der Waals surface area contributed by atoms with Crippen LogP contribution in [0.4, 0.5) is 0 Å². The van der Waals surface area contributed by atoms with E-state index in [1.54, 1.807) is 0 Å². The molecule has 96 valence electrons. The van der Waals surface area contributed by atoms with Crippen molar-refractivity contribution in [1.29, 1.82) is 0 Å². The minimum atomic E-state index is -0.156. The number of nitrogens with zero attached hydrogens (tertiary/aromatic N) is 1. The highest BCUT2D eigenvalue weighted by Crippen LogP contribution is 2.21. The zero-order valence-electron chi connectivity index (χ0n) is 11.3. The average molecular weight is 228 g/mol. The van der Waals surface area contributed by atoms with Crippen LogP contribution in [0.15, 0.2) is 0 Å². The molecule has 0 aliphatic carbocycles. The first-order valence-electron chi connectivity index (χ1n) is 6.60. The highest BCUT2D eigenvalue weighted by Gasteiger charge is 2.30. The first-order valence-corrected chi connectivity index (χ1v) is 6.60. The van der Waals surface area contributed by atoms with Crippen molar-refractivity contribution in [3.05, 3.63) is 0 Å². The highest BCUT2D eigenvalue weighted by molar-refractivity contribution is 4.89. The summed E-state index contributed by atoms with van der Waals surface area (Å²) in [7, 11) is 0. The lowest BCUT2D eigenvalue weighted by Crippen LogP contribution is -2.55. The molecule has 1 rings (SSSR count). The molecule has 16 heavy (non-hydrogen) atoms. The second kappa shape index (κ2) is 5.99. The van der Waals surface area contributed by atoms with Crippen LogP contribution in [0.5, 0.6) is 0 Å². The number of nitrogens with one attached hydrogen (secondary N) is 1. The fourth-order valence-electron chi connectivity index (χ4n) is 2.72. The summed E-state index contributed by atoms with van der Waals surface area (Å²) in [5.41, 5.74) is -0.156. The Kier molecular flexibility index (Phi) is 5.22. The minimum Gasteiger partial charge on any atom is -0.394 e. The van der Waals surface area contributed by atoms with E-state index < -0.39 is 0 Å². The Labute approximate surface area is 100 Å². The van der Waals surface area contributed by atoms with Gasteiger partial charge in [-0.3, -0.25) is 0 Å². The number of rotatable bonds is 6. The van der Waals surface area contributed by atoms with E-state index in [1.165, 1.54) is 25.9 Å². The summed E-state index contributed by atoms with van der Waals surface area (Å²) in [6.07, 6.45) is 2.60. The molecule has 1 aliphatic rings. The van der Waals surface area contributed by atoms with Crippen LogP contribution in [0.1, 0.15) is 40.5 Å². The van der Waals surface area contributed by atoms with Crippen molar-refractivity contribution >= 4 is 0 Å². The van der Waals surface area contributed by atoms with Gasteiger partial charge in [0.15, 0.2) is 0 Å². The van der Waals surface area contributed by atoms with Crippen molar-refractivity contribution in [3.63, 3.8) is 0 Å². The lowest BCUT2D eigenvalue weighted by molar-refractivity contribution is 0.122. The van der Waals surface area contributed by atoms with Crippen molar-refractivity contribution < 1.29 is 5.11 Å². The molecule has 0 aromatic heterocycles. The molecule has 0 amide bonds. The Hall–Kier alpha value is -0.120. The quantitative estimate of drug-likeness (QED) is 0.722. The fraction of sp³-hybridized carbons (Fsp3) is 1.00. The molecule has 0 radical (unpaired) electrons. The second-order valence-corrected chi connectivity index (χ2v) is 5.82. The molecule has 1 heterocycles. The van der Waals surface area contributed by atoms with E-state index in [4.69, 9.17) is 0 Å². The lowest BCUT2D eigenvalue weighted by atomic mass is 10.0. The molecule has 0 spiro atoms. The van der Waals surface area contributed by atoms with Crippen molar-refractivity contribution in [3.8, 4) is 0 Å². The molecular formula is C13H28N2O. The van der Waals surface area contributed by atoms with Crippen molar-refractivity contribution in [2.24, 2.45) is 5.92 Å². The maximum absolute atomic E-state index is 9.53. The Bertz CT molecular complexity index is 208. The van der Waals surface area contributed by atoms with Gasteiger partial charge in [0.2, 0.25) is 0 Å². The lowest BCUT2D eigenvalue weighted by Gasteiger charge is -2.35. The van der Waals surface area contributed by atoms with E-state index in [2.05, 4.69) is 37.9 Å². The van der Waals surface area contributed by atoms with Crippen molar-refractivity contribution in [2.75, 3.05) is 26.2 Å². The predicted molar refractivity (Wildman–Crippen MR) is 68.6 cm³/mol. The minimum absolute atomic E-state index is 0.156. The summed E-state index contributed by atoms with van der Waals surface area (Å²) >= 11 is 0. The third kappa shape index (κ3) is 4.04. The van der Waals surface area contributed by atoms with Crippen LogP contribution in [0.25, 0.3) is 0 Å². The molecule has 1 aliphatic heterocycles. The third-order valence-electron chi connectivity index (χ3n) is 3.51. The number of hydrogen-bond acceptors (Lipinski definition) is 3. The third-order valence-corrected chi connectivity index (χ3v) is 3.51. The molecule has 0 bridgehead atoms. The van der Waals surface area contributed by atoms with Gasteiger partial charge >= 0.3 is 0 Å². The van der Waals surface area contributed by atoms with Gasteiger partial charge in [-0.25, -0.2) is 0 Å². The summed E-state index contributed by atoms with van der Waals surface area (Å²) in [6, 6.07) is 0.418. The maximum atomic E-state index is 9.53. The summed E-state index contributed by atoms with van der Waals surface area (Å²) in [6.45, 7) is 12.2. The summed E-state index contributed by atoms with van der Waals surface area (Å²) in [4.78, 5) is 2.49. The van der Waals surface area contributed by atoms with E-state index in [1.807, 2.05) is 0 Å². The molecule has 3 heteroatoms. The average Bonchev–Trinajstić information content (AvgIpc) is 2.64. The van der Waals surface area contributed by atoms with Crippen LogP contribution >= 0.6 is 0 Å². The molecular weight excluding hydrogens is 200 g/mol. The van der Waals surface area contributed by atoms with Crippen LogP contribution in [-0.2, 0) is 0 Å². The first-order chi connectivity index (χ1) is 7.49. The fourth-order valence-corrected chi connectivity index (χ4v) is 2.72. The highest BCUT2D eigenvalue weighted by atomic mass is 16.3. The molecule has 2 N–H and O–H groups in total. The normalized spacial score (nSPS) is 26.2. The van der Waals surface area contributed by atoms with E-state index in [9.17, 15) is 5.11 Å². The van der Waals surface area contributed by atoms with Gasteiger partial charge in [0.05, 0.1) is 12.1 Å². The Morgan fingerprint density at radius 2 is 2.19 bits per heavy atom. The van der Waals surface area contributed by atoms with Gasteiger partial charge in [-0.15, -0.1) is 0 Å². The summed E-state index contributed by atoms with van der Waals surface area (Å²) in [5.74, 6) is 0.863. The van der Waals surface area contributed by atoms with Gasteiger partial charge in [-0.1, -0.05) is 27.2 Å². The zero-order valence-corrected chi connectivity index (χ0v) is 11.3. The van der Waals surface area contributed by atoms with Crippen LogP contribution in [0.2, 0.25) is 0 Å². The van der Waals surface area contributed by atoms with E-state index in [0.29, 0.717) is 6.04 Å². The number of aliphatic hydroxyl groups is 1. The van der Waals surface area contributed by atoms with E-state index in [0.717, 1.165) is 12.5 Å². The molecule has 0 aromatic carbocycles. The van der Waals surface area contributed by atoms with E-state index >= 15 is 0 Å². The Morgan fingerprint density at radius 3 is 2.62 bits per heavy atom. The summed E-state index contributed by atoms with van der Waals surface area (Å²) in [5, 5.41) is 13.0. The molecule has 2 atom stereocenters. The maximum Gasteiger partial charge on any atom is 0.0623 e. The monoisotopic (exact) mass is 228 g/mol. The topological polar surface area (TPSA) is 35.5 Å². The number of likely N-dealkylation sites (tertiary alicyclic amines) is 1. The Morgan fingerprint density at radius 1 is 1.50 bits per heavy atom. The van der Waals surface area contributed by atoms with Gasteiger partial charge in [0.25, 0.3) is 0 Å². The van der Waals surface area contributed by atoms with Gasteiger partial charge in [-0.2, -0.15) is 0 Å². The molecule has 1 saturated heterocycles. The second-order valence-electron chi connectivity index (χ2n) is 5.82. The largest absolute Gasteiger partial charge is 0.394 e. The summed E-state index contributed by atoms with van der Waals surface area (Å²) < 4.78 is 0. The molecule has 0 saturated carbocycles. The van der Waals surface area contributed by atoms with E-state index in [-0.39, 0.29) is 12.1 Å². The van der Waals surface area contributed by atoms with Crippen molar-refractivity contribution in [2.45, 2.75) is 52.1 Å². The van der Waals surface area contributed by atoms with Crippen LogP contribution in [0, 0.1) is 5.92 Å². The number of hydrogen-bond donors (Lipinski definition) is 2. The SMILES string of the molecule is CCC1CCN(CC(C)(CO)NC(C)C)C1. The standard InChI is InChI=1S/C13H28N2O/c1-5-12-6-7-15(8-12)9-13(4,10-16)14-11(2)3/h11-12,14,16H,5-10H2,1-4H3. The van der Waals surface area contributed by atoms with Crippen molar-refractivity contribution in [1.82, 2.24) is 10.2 Å². The van der Waals surface area contributed by atoms with Crippen LogP contribution in [0.3, 0.4) is 0 Å². The van der Waals surface area contributed by atoms with Crippen LogP contribution < -0.4 is 5.32 Å². The van der Waals surface area contributed by atoms with Gasteiger partial charge in [-0.05, 0) is 25.8 Å². The molecule has 1 fully saturated rings.